The monoisotopic (exact) mass is 272 g/mol. The van der Waals surface area contributed by atoms with E-state index in [9.17, 15) is 4.79 Å². The molecule has 1 aromatic carbocycles. The average molecular weight is 272 g/mol. The second-order valence-electron chi connectivity index (χ2n) is 4.25. The Balaban J connectivity index is 1.89. The summed E-state index contributed by atoms with van der Waals surface area (Å²) < 4.78 is 0. The molecule has 0 spiro atoms. The van der Waals surface area contributed by atoms with Crippen LogP contribution >= 0.6 is 11.8 Å². The maximum atomic E-state index is 11.4. The molecular weight excluding hydrogens is 260 g/mol. The molecule has 96 valence electrons. The van der Waals surface area contributed by atoms with Crippen LogP contribution in [0.25, 0.3) is 11.2 Å². The number of nitrogens with one attached hydrogen (secondary N) is 2. The van der Waals surface area contributed by atoms with Gasteiger partial charge in [-0.1, -0.05) is 41.6 Å². The summed E-state index contributed by atoms with van der Waals surface area (Å²) in [5.41, 5.74) is 3.39. The Kier molecular flexibility index (Phi) is 3.08. The number of imidazole rings is 1. The number of aromatic nitrogens is 4. The first-order chi connectivity index (χ1) is 9.22. The van der Waals surface area contributed by atoms with Crippen molar-refractivity contribution in [1.29, 1.82) is 0 Å². The molecule has 0 aliphatic carbocycles. The van der Waals surface area contributed by atoms with E-state index in [1.54, 1.807) is 6.33 Å². The molecule has 0 saturated heterocycles. The van der Waals surface area contributed by atoms with Crippen molar-refractivity contribution < 1.29 is 0 Å². The lowest BCUT2D eigenvalue weighted by atomic mass is 10.2. The van der Waals surface area contributed by atoms with Gasteiger partial charge in [0, 0.05) is 5.75 Å². The van der Waals surface area contributed by atoms with Crippen LogP contribution in [0.5, 0.6) is 0 Å². The van der Waals surface area contributed by atoms with Gasteiger partial charge < -0.3 is 4.98 Å². The number of hydrogen-bond donors (Lipinski definition) is 2. The number of hydrogen-bond acceptors (Lipinski definition) is 4. The van der Waals surface area contributed by atoms with Gasteiger partial charge in [-0.3, -0.25) is 4.98 Å². The first-order valence-electron chi connectivity index (χ1n) is 5.84. The van der Waals surface area contributed by atoms with E-state index in [0.717, 1.165) is 11.3 Å². The average Bonchev–Trinajstić information content (AvgIpc) is 2.84. The molecule has 0 saturated carbocycles. The van der Waals surface area contributed by atoms with Crippen molar-refractivity contribution in [1.82, 2.24) is 19.9 Å². The van der Waals surface area contributed by atoms with Gasteiger partial charge in [0.2, 0.25) is 0 Å². The zero-order chi connectivity index (χ0) is 13.2. The third-order valence-corrected chi connectivity index (χ3v) is 3.79. The summed E-state index contributed by atoms with van der Waals surface area (Å²) in [4.78, 5) is 25.1. The minimum Gasteiger partial charge on any atom is -0.341 e. The Hall–Kier alpha value is -2.08. The van der Waals surface area contributed by atoms with Crippen molar-refractivity contribution in [3.8, 4) is 0 Å². The summed E-state index contributed by atoms with van der Waals surface area (Å²) in [5.74, 6) is 0.770. The topological polar surface area (TPSA) is 74.4 Å². The van der Waals surface area contributed by atoms with Gasteiger partial charge in [-0.15, -0.1) is 0 Å². The standard InChI is InChI=1S/C13H12N4OS/c1-8-3-2-4-9(5-8)6-19-12-10-11(15-7-14-10)16-13(18)17-12/h2-5,7H,6H2,1H3,(H2,14,15,16,17,18). The number of rotatable bonds is 3. The molecule has 0 aliphatic rings. The van der Waals surface area contributed by atoms with Crippen molar-refractivity contribution in [2.24, 2.45) is 0 Å². The molecule has 0 aliphatic heterocycles. The maximum Gasteiger partial charge on any atom is 0.347 e. The normalized spacial score (nSPS) is 11.0. The molecule has 2 N–H and O–H groups in total. The summed E-state index contributed by atoms with van der Waals surface area (Å²) >= 11 is 1.53. The highest BCUT2D eigenvalue weighted by Crippen LogP contribution is 2.24. The predicted octanol–water partition coefficient (Wildman–Crippen LogP) is 2.25. The van der Waals surface area contributed by atoms with Crippen molar-refractivity contribution in [3.05, 3.63) is 52.2 Å². The number of benzene rings is 1. The summed E-state index contributed by atoms with van der Waals surface area (Å²) in [5, 5.41) is 0.678. The van der Waals surface area contributed by atoms with E-state index in [2.05, 4.69) is 45.1 Å². The molecule has 3 rings (SSSR count). The summed E-state index contributed by atoms with van der Waals surface area (Å²) in [7, 11) is 0. The van der Waals surface area contributed by atoms with Crippen molar-refractivity contribution in [3.63, 3.8) is 0 Å². The number of aromatic amines is 2. The first kappa shape index (κ1) is 12.0. The highest BCUT2D eigenvalue weighted by atomic mass is 32.2. The molecule has 6 heteroatoms. The van der Waals surface area contributed by atoms with Crippen LogP contribution < -0.4 is 5.69 Å². The number of thioether (sulfide) groups is 1. The van der Waals surface area contributed by atoms with Crippen LogP contribution in [0, 0.1) is 6.92 Å². The van der Waals surface area contributed by atoms with Gasteiger partial charge in [0.15, 0.2) is 5.65 Å². The Morgan fingerprint density at radius 3 is 3.11 bits per heavy atom. The third kappa shape index (κ3) is 2.53. The highest BCUT2D eigenvalue weighted by molar-refractivity contribution is 7.98. The largest absolute Gasteiger partial charge is 0.347 e. The molecule has 0 bridgehead atoms. The van der Waals surface area contributed by atoms with Crippen LogP contribution in [-0.2, 0) is 5.75 Å². The number of H-pyrrole nitrogens is 2. The Morgan fingerprint density at radius 1 is 1.37 bits per heavy atom. The van der Waals surface area contributed by atoms with Gasteiger partial charge in [-0.2, -0.15) is 4.98 Å². The fourth-order valence-corrected chi connectivity index (χ4v) is 2.82. The number of fused-ring (bicyclic) bond motifs is 1. The minimum absolute atomic E-state index is 0.369. The Morgan fingerprint density at radius 2 is 2.26 bits per heavy atom. The lowest BCUT2D eigenvalue weighted by Crippen LogP contribution is -2.10. The molecule has 2 heterocycles. The Labute approximate surface area is 113 Å². The molecule has 0 atom stereocenters. The predicted molar refractivity (Wildman–Crippen MR) is 75.2 cm³/mol. The van der Waals surface area contributed by atoms with Crippen molar-refractivity contribution in [2.45, 2.75) is 17.7 Å². The smallest absolute Gasteiger partial charge is 0.341 e. The van der Waals surface area contributed by atoms with Crippen molar-refractivity contribution >= 4 is 22.9 Å². The van der Waals surface area contributed by atoms with Crippen LogP contribution in [0.4, 0.5) is 0 Å². The second-order valence-corrected chi connectivity index (χ2v) is 5.22. The van der Waals surface area contributed by atoms with Crippen LogP contribution in [0.3, 0.4) is 0 Å². The summed E-state index contributed by atoms with van der Waals surface area (Å²) in [6.45, 7) is 2.06. The summed E-state index contributed by atoms with van der Waals surface area (Å²) in [6, 6.07) is 8.29. The second kappa shape index (κ2) is 4.89. The fraction of sp³-hybridized carbons (Fsp3) is 0.154. The number of nitrogens with zero attached hydrogens (tertiary/aromatic N) is 2. The SMILES string of the molecule is Cc1cccc(CSc2nc(=O)[nH]c3nc[nH]c23)c1. The molecule has 0 amide bonds. The fourth-order valence-electron chi connectivity index (χ4n) is 1.89. The van der Waals surface area contributed by atoms with Gasteiger partial charge >= 0.3 is 5.69 Å². The van der Waals surface area contributed by atoms with E-state index in [4.69, 9.17) is 0 Å². The van der Waals surface area contributed by atoms with E-state index in [1.165, 1.54) is 22.9 Å². The van der Waals surface area contributed by atoms with Gasteiger partial charge in [0.05, 0.1) is 6.33 Å². The number of aryl methyl sites for hydroxylation is 1. The molecular formula is C13H12N4OS. The van der Waals surface area contributed by atoms with Crippen LogP contribution in [0.2, 0.25) is 0 Å². The minimum atomic E-state index is -0.369. The van der Waals surface area contributed by atoms with E-state index in [1.807, 2.05) is 6.07 Å². The third-order valence-electron chi connectivity index (χ3n) is 2.74. The zero-order valence-corrected chi connectivity index (χ0v) is 11.1. The quantitative estimate of drug-likeness (QED) is 0.566. The van der Waals surface area contributed by atoms with E-state index in [0.29, 0.717) is 10.7 Å². The van der Waals surface area contributed by atoms with Crippen molar-refractivity contribution in [2.75, 3.05) is 0 Å². The van der Waals surface area contributed by atoms with Gasteiger partial charge in [0.25, 0.3) is 0 Å². The van der Waals surface area contributed by atoms with Crippen LogP contribution in [-0.4, -0.2) is 19.9 Å². The van der Waals surface area contributed by atoms with E-state index < -0.39 is 0 Å². The van der Waals surface area contributed by atoms with E-state index >= 15 is 0 Å². The Bertz CT molecular complexity index is 777. The van der Waals surface area contributed by atoms with Crippen LogP contribution in [0.15, 0.2) is 40.4 Å². The zero-order valence-electron chi connectivity index (χ0n) is 10.3. The van der Waals surface area contributed by atoms with Crippen LogP contribution in [0.1, 0.15) is 11.1 Å². The molecule has 0 fully saturated rings. The molecule has 2 aromatic heterocycles. The van der Waals surface area contributed by atoms with Gasteiger partial charge in [-0.25, -0.2) is 9.78 Å². The lowest BCUT2D eigenvalue weighted by molar-refractivity contribution is 1.01. The van der Waals surface area contributed by atoms with Gasteiger partial charge in [0.1, 0.15) is 10.5 Å². The first-order valence-corrected chi connectivity index (χ1v) is 6.83. The molecule has 0 radical (unpaired) electrons. The summed E-state index contributed by atoms with van der Waals surface area (Å²) in [6.07, 6.45) is 1.55. The molecule has 3 aromatic rings. The molecule has 5 nitrogen and oxygen atoms in total. The highest BCUT2D eigenvalue weighted by Gasteiger charge is 2.08. The molecule has 19 heavy (non-hydrogen) atoms. The maximum absolute atomic E-state index is 11.4. The van der Waals surface area contributed by atoms with E-state index in [-0.39, 0.29) is 5.69 Å². The lowest BCUT2D eigenvalue weighted by Gasteiger charge is -2.03. The molecule has 0 unspecified atom stereocenters. The van der Waals surface area contributed by atoms with Gasteiger partial charge in [-0.05, 0) is 12.5 Å².